The van der Waals surface area contributed by atoms with Gasteiger partial charge in [0.2, 0.25) is 0 Å². The van der Waals surface area contributed by atoms with E-state index in [1.165, 1.54) is 18.7 Å². The van der Waals surface area contributed by atoms with Crippen molar-refractivity contribution in [1.82, 2.24) is 19.9 Å². The van der Waals surface area contributed by atoms with Crippen LogP contribution >= 0.6 is 15.9 Å². The van der Waals surface area contributed by atoms with Crippen LogP contribution in [0.25, 0.3) is 0 Å². The summed E-state index contributed by atoms with van der Waals surface area (Å²) in [5, 5.41) is 11.4. The number of aromatic carboxylic acids is 1. The third-order valence-corrected chi connectivity index (χ3v) is 2.97. The molecule has 104 valence electrons. The third kappa shape index (κ3) is 3.64. The highest BCUT2D eigenvalue weighted by atomic mass is 79.9. The number of carboxylic acids is 1. The van der Waals surface area contributed by atoms with Crippen molar-refractivity contribution in [1.29, 1.82) is 0 Å². The maximum Gasteiger partial charge on any atom is 0.356 e. The van der Waals surface area contributed by atoms with Gasteiger partial charge in [-0.1, -0.05) is 0 Å². The minimum Gasteiger partial charge on any atom is -0.476 e. The minimum atomic E-state index is -1.08. The Labute approximate surface area is 122 Å². The molecule has 1 amide bonds. The lowest BCUT2D eigenvalue weighted by Gasteiger charge is -2.05. The second kappa shape index (κ2) is 6.29. The molecule has 0 radical (unpaired) electrons. The number of halogens is 1. The van der Waals surface area contributed by atoms with Gasteiger partial charge in [0, 0.05) is 25.5 Å². The van der Waals surface area contributed by atoms with E-state index in [2.05, 4.69) is 31.2 Å². The molecule has 0 spiro atoms. The summed E-state index contributed by atoms with van der Waals surface area (Å²) in [6.45, 7) is 0.806. The summed E-state index contributed by atoms with van der Waals surface area (Å²) in [7, 11) is 0. The Balaban J connectivity index is 1.84. The van der Waals surface area contributed by atoms with Gasteiger partial charge in [0.25, 0.3) is 5.91 Å². The van der Waals surface area contributed by atoms with Crippen molar-refractivity contribution in [3.05, 3.63) is 46.7 Å². The standard InChI is InChI=1S/C12H11BrN4O3/c13-10-2-1-8(5-15-10)11(18)14-3-4-17-6-9(12(19)20)16-7-17/h1-2,5-7H,3-4H2,(H,14,18)(H,19,20). The van der Waals surface area contributed by atoms with Crippen molar-refractivity contribution in [2.24, 2.45) is 0 Å². The fraction of sp³-hybridized carbons (Fsp3) is 0.167. The highest BCUT2D eigenvalue weighted by Gasteiger charge is 2.07. The van der Waals surface area contributed by atoms with E-state index in [9.17, 15) is 9.59 Å². The van der Waals surface area contributed by atoms with Gasteiger partial charge in [-0.3, -0.25) is 4.79 Å². The number of hydrogen-bond donors (Lipinski definition) is 2. The lowest BCUT2D eigenvalue weighted by atomic mass is 10.3. The Bertz CT molecular complexity index is 624. The van der Waals surface area contributed by atoms with Crippen molar-refractivity contribution in [2.45, 2.75) is 6.54 Å². The SMILES string of the molecule is O=C(NCCn1cnc(C(=O)O)c1)c1ccc(Br)nc1. The number of nitrogens with one attached hydrogen (secondary N) is 1. The number of aromatic nitrogens is 3. The fourth-order valence-corrected chi connectivity index (χ4v) is 1.74. The molecule has 7 nitrogen and oxygen atoms in total. The van der Waals surface area contributed by atoms with Gasteiger partial charge in [-0.2, -0.15) is 0 Å². The van der Waals surface area contributed by atoms with Crippen LogP contribution in [0.1, 0.15) is 20.8 Å². The first-order valence-electron chi connectivity index (χ1n) is 5.71. The van der Waals surface area contributed by atoms with E-state index >= 15 is 0 Å². The number of pyridine rings is 1. The molecule has 8 heteroatoms. The number of carbonyl (C=O) groups excluding carboxylic acids is 1. The topological polar surface area (TPSA) is 97.1 Å². The Kier molecular flexibility index (Phi) is 4.46. The summed E-state index contributed by atoms with van der Waals surface area (Å²) in [5.41, 5.74) is 0.443. The van der Waals surface area contributed by atoms with Crippen molar-refractivity contribution in [3.63, 3.8) is 0 Å². The molecule has 0 aliphatic heterocycles. The molecule has 0 bridgehead atoms. The molecule has 0 unspecified atom stereocenters. The highest BCUT2D eigenvalue weighted by molar-refractivity contribution is 9.10. The Hall–Kier alpha value is -2.22. The van der Waals surface area contributed by atoms with E-state index in [4.69, 9.17) is 5.11 Å². The summed E-state index contributed by atoms with van der Waals surface area (Å²) in [6, 6.07) is 3.34. The number of hydrogen-bond acceptors (Lipinski definition) is 4. The van der Waals surface area contributed by atoms with E-state index in [-0.39, 0.29) is 11.6 Å². The van der Waals surface area contributed by atoms with Crippen LogP contribution in [-0.4, -0.2) is 38.1 Å². The normalized spacial score (nSPS) is 10.2. The number of carbonyl (C=O) groups is 2. The average Bonchev–Trinajstić information content (AvgIpc) is 2.88. The summed E-state index contributed by atoms with van der Waals surface area (Å²) < 4.78 is 2.26. The summed E-state index contributed by atoms with van der Waals surface area (Å²) >= 11 is 3.19. The molecule has 0 aliphatic rings. The van der Waals surface area contributed by atoms with Crippen LogP contribution in [0.4, 0.5) is 0 Å². The van der Waals surface area contributed by atoms with Crippen LogP contribution in [0.3, 0.4) is 0 Å². The van der Waals surface area contributed by atoms with Crippen LogP contribution in [0.2, 0.25) is 0 Å². The second-order valence-electron chi connectivity index (χ2n) is 3.93. The highest BCUT2D eigenvalue weighted by Crippen LogP contribution is 2.06. The van der Waals surface area contributed by atoms with E-state index < -0.39 is 5.97 Å². The molecule has 2 aromatic heterocycles. The molecule has 0 saturated carbocycles. The quantitative estimate of drug-likeness (QED) is 0.797. The second-order valence-corrected chi connectivity index (χ2v) is 4.74. The van der Waals surface area contributed by atoms with Crippen LogP contribution < -0.4 is 5.32 Å². The smallest absolute Gasteiger partial charge is 0.356 e. The molecule has 20 heavy (non-hydrogen) atoms. The first kappa shape index (κ1) is 14.2. The Morgan fingerprint density at radius 1 is 1.35 bits per heavy atom. The van der Waals surface area contributed by atoms with Gasteiger partial charge in [0.05, 0.1) is 11.9 Å². The first-order valence-corrected chi connectivity index (χ1v) is 6.50. The monoisotopic (exact) mass is 338 g/mol. The van der Waals surface area contributed by atoms with Crippen LogP contribution in [0, 0.1) is 0 Å². The van der Waals surface area contributed by atoms with Crippen molar-refractivity contribution < 1.29 is 14.7 Å². The molecule has 2 heterocycles. The van der Waals surface area contributed by atoms with Gasteiger partial charge in [0.1, 0.15) is 4.60 Å². The van der Waals surface area contributed by atoms with Gasteiger partial charge in [-0.15, -0.1) is 0 Å². The predicted octanol–water partition coefficient (Wildman–Crippen LogP) is 1.17. The number of nitrogens with zero attached hydrogens (tertiary/aromatic N) is 3. The van der Waals surface area contributed by atoms with Crippen molar-refractivity contribution in [2.75, 3.05) is 6.54 Å². The van der Waals surface area contributed by atoms with Crippen LogP contribution in [0.15, 0.2) is 35.5 Å². The maximum absolute atomic E-state index is 11.8. The van der Waals surface area contributed by atoms with Gasteiger partial charge in [0.15, 0.2) is 5.69 Å². The molecule has 2 aromatic rings. The van der Waals surface area contributed by atoms with Gasteiger partial charge in [-0.05, 0) is 28.1 Å². The summed E-state index contributed by atoms with van der Waals surface area (Å²) in [5.74, 6) is -1.31. The Morgan fingerprint density at radius 3 is 2.75 bits per heavy atom. The number of carboxylic acid groups (broad SMARTS) is 1. The van der Waals surface area contributed by atoms with Crippen molar-refractivity contribution >= 4 is 27.8 Å². The zero-order valence-electron chi connectivity index (χ0n) is 10.3. The maximum atomic E-state index is 11.8. The zero-order valence-corrected chi connectivity index (χ0v) is 11.9. The Morgan fingerprint density at radius 2 is 2.15 bits per heavy atom. The van der Waals surface area contributed by atoms with E-state index in [0.717, 1.165) is 0 Å². The molecule has 0 aliphatic carbocycles. The fourth-order valence-electron chi connectivity index (χ4n) is 1.50. The molecule has 0 fully saturated rings. The largest absolute Gasteiger partial charge is 0.476 e. The van der Waals surface area contributed by atoms with E-state index in [1.807, 2.05) is 0 Å². The predicted molar refractivity (Wildman–Crippen MR) is 73.5 cm³/mol. The van der Waals surface area contributed by atoms with E-state index in [1.54, 1.807) is 16.7 Å². The van der Waals surface area contributed by atoms with Gasteiger partial charge >= 0.3 is 5.97 Å². The zero-order chi connectivity index (χ0) is 14.5. The minimum absolute atomic E-state index is 0.0200. The molecule has 2 rings (SSSR count). The number of rotatable bonds is 5. The molecular weight excluding hydrogens is 328 g/mol. The molecule has 0 atom stereocenters. The number of amides is 1. The van der Waals surface area contributed by atoms with Gasteiger partial charge < -0.3 is 15.0 Å². The summed E-state index contributed by atoms with van der Waals surface area (Å²) in [4.78, 5) is 30.1. The molecule has 2 N–H and O–H groups in total. The lowest BCUT2D eigenvalue weighted by Crippen LogP contribution is -2.27. The molecule has 0 aromatic carbocycles. The third-order valence-electron chi connectivity index (χ3n) is 2.50. The summed E-state index contributed by atoms with van der Waals surface area (Å²) in [6.07, 6.45) is 4.30. The molecular formula is C12H11BrN4O3. The number of imidazole rings is 1. The van der Waals surface area contributed by atoms with Crippen LogP contribution in [0.5, 0.6) is 0 Å². The van der Waals surface area contributed by atoms with Crippen molar-refractivity contribution in [3.8, 4) is 0 Å². The molecule has 0 saturated heterocycles. The lowest BCUT2D eigenvalue weighted by molar-refractivity contribution is 0.0690. The van der Waals surface area contributed by atoms with Gasteiger partial charge in [-0.25, -0.2) is 14.8 Å². The van der Waals surface area contributed by atoms with E-state index in [0.29, 0.717) is 23.3 Å². The van der Waals surface area contributed by atoms with Crippen LogP contribution in [-0.2, 0) is 6.54 Å². The first-order chi connectivity index (χ1) is 9.56. The average molecular weight is 339 g/mol.